The van der Waals surface area contributed by atoms with Gasteiger partial charge in [-0.25, -0.2) is 0 Å². The van der Waals surface area contributed by atoms with Gasteiger partial charge in [0.15, 0.2) is 0 Å². The molecule has 0 saturated carbocycles. The van der Waals surface area contributed by atoms with Crippen LogP contribution in [-0.2, 0) is 4.79 Å². The Kier molecular flexibility index (Phi) is 4.20. The molecule has 2 atom stereocenters. The average Bonchev–Trinajstić information content (AvgIpc) is 2.99. The smallest absolute Gasteiger partial charge is 0.222 e. The van der Waals surface area contributed by atoms with Gasteiger partial charge in [-0.3, -0.25) is 4.79 Å². The minimum Gasteiger partial charge on any atom is -0.350 e. The highest BCUT2D eigenvalue weighted by Gasteiger charge is 2.18. The minimum absolute atomic E-state index is 0.0449. The van der Waals surface area contributed by atoms with Crippen LogP contribution >= 0.6 is 0 Å². The molecule has 2 unspecified atom stereocenters. The molecule has 2 N–H and O–H groups in total. The number of hydrogen-bond donors (Lipinski definition) is 2. The molecule has 110 valence electrons. The van der Waals surface area contributed by atoms with E-state index in [0.29, 0.717) is 12.5 Å². The van der Waals surface area contributed by atoms with E-state index in [0.717, 1.165) is 18.5 Å². The van der Waals surface area contributed by atoms with Crippen LogP contribution in [0, 0.1) is 0 Å². The topological polar surface area (TPSA) is 41.1 Å². The second kappa shape index (κ2) is 6.27. The first kappa shape index (κ1) is 14.1. The molecule has 0 radical (unpaired) electrons. The standard InChI is InChI=1S/C18H22N2O/c1-13(20-18(21)12-17-7-4-10-19-17)15-9-8-14-5-2-3-6-16(14)11-15/h2-3,5-6,8-9,11,13,17,19H,4,7,10,12H2,1H3,(H,20,21). The Morgan fingerprint density at radius 2 is 2.10 bits per heavy atom. The maximum absolute atomic E-state index is 12.1. The summed E-state index contributed by atoms with van der Waals surface area (Å²) in [6, 6.07) is 15.1. The Morgan fingerprint density at radius 1 is 1.29 bits per heavy atom. The van der Waals surface area contributed by atoms with Crippen LogP contribution in [0.25, 0.3) is 10.8 Å². The molecule has 3 heteroatoms. The first-order chi connectivity index (χ1) is 10.2. The van der Waals surface area contributed by atoms with E-state index in [1.54, 1.807) is 0 Å². The third-order valence-electron chi connectivity index (χ3n) is 4.25. The SMILES string of the molecule is CC(NC(=O)CC1CCCN1)c1ccc2ccccc2c1. The van der Waals surface area contributed by atoms with Gasteiger partial charge < -0.3 is 10.6 Å². The Balaban J connectivity index is 1.65. The highest BCUT2D eigenvalue weighted by molar-refractivity contribution is 5.83. The molecule has 2 aromatic rings. The molecule has 3 rings (SSSR count). The second-order valence-corrected chi connectivity index (χ2v) is 5.89. The van der Waals surface area contributed by atoms with Crippen molar-refractivity contribution in [3.05, 3.63) is 48.0 Å². The van der Waals surface area contributed by atoms with Crippen LogP contribution in [0.5, 0.6) is 0 Å². The van der Waals surface area contributed by atoms with E-state index in [-0.39, 0.29) is 11.9 Å². The molecule has 0 bridgehead atoms. The second-order valence-electron chi connectivity index (χ2n) is 5.89. The van der Waals surface area contributed by atoms with Gasteiger partial charge in [-0.15, -0.1) is 0 Å². The van der Waals surface area contributed by atoms with Gasteiger partial charge in [0.1, 0.15) is 0 Å². The van der Waals surface area contributed by atoms with Crippen LogP contribution < -0.4 is 10.6 Å². The normalized spacial score (nSPS) is 19.6. The largest absolute Gasteiger partial charge is 0.350 e. The summed E-state index contributed by atoms with van der Waals surface area (Å²) in [6.07, 6.45) is 2.87. The van der Waals surface area contributed by atoms with E-state index >= 15 is 0 Å². The fourth-order valence-electron chi connectivity index (χ4n) is 3.02. The van der Waals surface area contributed by atoms with Crippen molar-refractivity contribution in [3.63, 3.8) is 0 Å². The number of carbonyl (C=O) groups excluding carboxylic acids is 1. The molecule has 1 amide bonds. The van der Waals surface area contributed by atoms with Gasteiger partial charge in [0.05, 0.1) is 6.04 Å². The van der Waals surface area contributed by atoms with Crippen molar-refractivity contribution >= 4 is 16.7 Å². The molecule has 1 aliphatic heterocycles. The van der Waals surface area contributed by atoms with Crippen LogP contribution in [0.1, 0.15) is 37.8 Å². The molecule has 1 fully saturated rings. The Morgan fingerprint density at radius 3 is 2.86 bits per heavy atom. The summed E-state index contributed by atoms with van der Waals surface area (Å²) in [5, 5.41) is 8.92. The molecule has 3 nitrogen and oxygen atoms in total. The lowest BCUT2D eigenvalue weighted by atomic mass is 10.0. The molecule has 1 aliphatic rings. The van der Waals surface area contributed by atoms with Crippen LogP contribution in [0.4, 0.5) is 0 Å². The Labute approximate surface area is 125 Å². The zero-order chi connectivity index (χ0) is 14.7. The van der Waals surface area contributed by atoms with Crippen LogP contribution in [0.2, 0.25) is 0 Å². The number of benzene rings is 2. The van der Waals surface area contributed by atoms with E-state index in [9.17, 15) is 4.79 Å². The molecule has 2 aromatic carbocycles. The third-order valence-corrected chi connectivity index (χ3v) is 4.25. The van der Waals surface area contributed by atoms with E-state index in [4.69, 9.17) is 0 Å². The molecule has 0 spiro atoms. The van der Waals surface area contributed by atoms with Gasteiger partial charge in [-0.1, -0.05) is 36.4 Å². The van der Waals surface area contributed by atoms with Gasteiger partial charge in [0.2, 0.25) is 5.91 Å². The van der Waals surface area contributed by atoms with Crippen molar-refractivity contribution in [1.82, 2.24) is 10.6 Å². The van der Waals surface area contributed by atoms with Crippen molar-refractivity contribution < 1.29 is 4.79 Å². The average molecular weight is 282 g/mol. The maximum Gasteiger partial charge on any atom is 0.222 e. The van der Waals surface area contributed by atoms with E-state index in [1.165, 1.54) is 17.2 Å². The van der Waals surface area contributed by atoms with Crippen molar-refractivity contribution in [3.8, 4) is 0 Å². The molecule has 1 heterocycles. The fraction of sp³-hybridized carbons (Fsp3) is 0.389. The summed E-state index contributed by atoms with van der Waals surface area (Å²) in [5.74, 6) is 0.134. The van der Waals surface area contributed by atoms with Gasteiger partial charge >= 0.3 is 0 Å². The number of nitrogens with one attached hydrogen (secondary N) is 2. The summed E-state index contributed by atoms with van der Waals surface area (Å²) in [4.78, 5) is 12.1. The summed E-state index contributed by atoms with van der Waals surface area (Å²) < 4.78 is 0. The van der Waals surface area contributed by atoms with Crippen molar-refractivity contribution in [1.29, 1.82) is 0 Å². The van der Waals surface area contributed by atoms with Crippen molar-refractivity contribution in [2.45, 2.75) is 38.3 Å². The first-order valence-corrected chi connectivity index (χ1v) is 7.74. The first-order valence-electron chi connectivity index (χ1n) is 7.74. The van der Waals surface area contributed by atoms with Gasteiger partial charge in [0.25, 0.3) is 0 Å². The number of rotatable bonds is 4. The Bertz CT molecular complexity index is 632. The Hall–Kier alpha value is -1.87. The van der Waals surface area contributed by atoms with Gasteiger partial charge in [0, 0.05) is 12.5 Å². The van der Waals surface area contributed by atoms with Gasteiger partial charge in [-0.05, 0) is 48.7 Å². The van der Waals surface area contributed by atoms with Crippen LogP contribution in [0.3, 0.4) is 0 Å². The molecule has 1 saturated heterocycles. The van der Waals surface area contributed by atoms with Crippen molar-refractivity contribution in [2.75, 3.05) is 6.54 Å². The van der Waals surface area contributed by atoms with Gasteiger partial charge in [-0.2, -0.15) is 0 Å². The summed E-state index contributed by atoms with van der Waals surface area (Å²) >= 11 is 0. The van der Waals surface area contributed by atoms with Crippen molar-refractivity contribution in [2.24, 2.45) is 0 Å². The van der Waals surface area contributed by atoms with Crippen LogP contribution in [0.15, 0.2) is 42.5 Å². The lowest BCUT2D eigenvalue weighted by Crippen LogP contribution is -2.33. The lowest BCUT2D eigenvalue weighted by molar-refractivity contribution is -0.122. The molecule has 0 aliphatic carbocycles. The zero-order valence-electron chi connectivity index (χ0n) is 12.4. The number of hydrogen-bond acceptors (Lipinski definition) is 2. The molecular formula is C18H22N2O. The number of amides is 1. The third kappa shape index (κ3) is 3.42. The summed E-state index contributed by atoms with van der Waals surface area (Å²) in [7, 11) is 0. The van der Waals surface area contributed by atoms with E-state index in [1.807, 2.05) is 19.1 Å². The maximum atomic E-state index is 12.1. The lowest BCUT2D eigenvalue weighted by Gasteiger charge is -2.17. The zero-order valence-corrected chi connectivity index (χ0v) is 12.4. The molecule has 0 aromatic heterocycles. The highest BCUT2D eigenvalue weighted by atomic mass is 16.1. The summed E-state index contributed by atoms with van der Waals surface area (Å²) in [5.41, 5.74) is 1.15. The number of fused-ring (bicyclic) bond motifs is 1. The molecule has 21 heavy (non-hydrogen) atoms. The molecular weight excluding hydrogens is 260 g/mol. The minimum atomic E-state index is 0.0449. The monoisotopic (exact) mass is 282 g/mol. The summed E-state index contributed by atoms with van der Waals surface area (Å²) in [6.45, 7) is 3.09. The predicted octanol–water partition coefficient (Wildman–Crippen LogP) is 3.16. The number of carbonyl (C=O) groups is 1. The predicted molar refractivity (Wildman–Crippen MR) is 86.1 cm³/mol. The van der Waals surface area contributed by atoms with E-state index in [2.05, 4.69) is 41.0 Å². The highest BCUT2D eigenvalue weighted by Crippen LogP contribution is 2.20. The van der Waals surface area contributed by atoms with Crippen LogP contribution in [-0.4, -0.2) is 18.5 Å². The fourth-order valence-corrected chi connectivity index (χ4v) is 3.02. The van der Waals surface area contributed by atoms with E-state index < -0.39 is 0 Å². The quantitative estimate of drug-likeness (QED) is 0.904.